The Labute approximate surface area is 122 Å². The van der Waals surface area contributed by atoms with E-state index in [0.29, 0.717) is 18.5 Å². The van der Waals surface area contributed by atoms with Gasteiger partial charge in [-0.2, -0.15) is 0 Å². The normalized spacial score (nSPS) is 11.6. The minimum Gasteiger partial charge on any atom is -0.494 e. The van der Waals surface area contributed by atoms with E-state index in [1.165, 1.54) is 19.2 Å². The van der Waals surface area contributed by atoms with Crippen LogP contribution in [0.2, 0.25) is 0 Å². The zero-order valence-corrected chi connectivity index (χ0v) is 12.0. The van der Waals surface area contributed by atoms with Crippen molar-refractivity contribution in [3.63, 3.8) is 0 Å². The highest BCUT2D eigenvalue weighted by molar-refractivity contribution is 5.92. The first-order chi connectivity index (χ1) is 9.97. The Morgan fingerprint density at radius 1 is 1.43 bits per heavy atom. The van der Waals surface area contributed by atoms with Gasteiger partial charge in [0.05, 0.1) is 7.11 Å². The fourth-order valence-corrected chi connectivity index (χ4v) is 1.73. The van der Waals surface area contributed by atoms with Crippen molar-refractivity contribution in [2.45, 2.75) is 32.2 Å². The highest BCUT2D eigenvalue weighted by Gasteiger charge is 2.19. The molecule has 0 unspecified atom stereocenters. The molecule has 1 atom stereocenters. The lowest BCUT2D eigenvalue weighted by atomic mass is 10.1. The number of ether oxygens (including phenoxy) is 1. The molecule has 21 heavy (non-hydrogen) atoms. The summed E-state index contributed by atoms with van der Waals surface area (Å²) in [5, 5.41) is 13.8. The number of aliphatic carboxylic acids is 1. The third-order valence-electron chi connectivity index (χ3n) is 2.86. The van der Waals surface area contributed by atoms with Crippen LogP contribution in [0, 0.1) is 5.82 Å². The predicted octanol–water partition coefficient (Wildman–Crippen LogP) is 2.60. The number of anilines is 1. The average Bonchev–Trinajstić information content (AvgIpc) is 2.45. The molecule has 0 radical (unpaired) electrons. The lowest BCUT2D eigenvalue weighted by Gasteiger charge is -2.15. The monoisotopic (exact) mass is 298 g/mol. The van der Waals surface area contributed by atoms with Gasteiger partial charge in [-0.15, -0.1) is 0 Å². The number of carboxylic acids is 1. The van der Waals surface area contributed by atoms with Crippen molar-refractivity contribution in [2.75, 3.05) is 12.4 Å². The maximum atomic E-state index is 13.2. The largest absolute Gasteiger partial charge is 0.494 e. The minimum atomic E-state index is -1.09. The van der Waals surface area contributed by atoms with E-state index in [1.54, 1.807) is 0 Å². The summed E-state index contributed by atoms with van der Waals surface area (Å²) < 4.78 is 18.0. The average molecular weight is 298 g/mol. The molecule has 116 valence electrons. The van der Waals surface area contributed by atoms with Crippen LogP contribution in [0.15, 0.2) is 18.2 Å². The molecule has 3 N–H and O–H groups in total. The number of benzene rings is 1. The molecule has 6 nitrogen and oxygen atoms in total. The number of methoxy groups -OCH3 is 1. The smallest absolute Gasteiger partial charge is 0.326 e. The molecule has 0 saturated carbocycles. The number of urea groups is 1. The van der Waals surface area contributed by atoms with Gasteiger partial charge in [-0.3, -0.25) is 0 Å². The highest BCUT2D eigenvalue weighted by Crippen LogP contribution is 2.21. The minimum absolute atomic E-state index is 0.00596. The van der Waals surface area contributed by atoms with Crippen molar-refractivity contribution >= 4 is 17.7 Å². The Kier molecular flexibility index (Phi) is 6.45. The van der Waals surface area contributed by atoms with Gasteiger partial charge >= 0.3 is 12.0 Å². The van der Waals surface area contributed by atoms with E-state index in [4.69, 9.17) is 9.84 Å². The number of hydrogen-bond acceptors (Lipinski definition) is 3. The van der Waals surface area contributed by atoms with Gasteiger partial charge in [0, 0.05) is 11.8 Å². The molecule has 0 heterocycles. The molecule has 1 rings (SSSR count). The molecule has 0 spiro atoms. The summed E-state index contributed by atoms with van der Waals surface area (Å²) >= 11 is 0. The van der Waals surface area contributed by atoms with Gasteiger partial charge in [-0.05, 0) is 18.6 Å². The quantitative estimate of drug-likeness (QED) is 0.722. The molecule has 0 aliphatic rings. The Balaban J connectivity index is 2.65. The first-order valence-electron chi connectivity index (χ1n) is 6.61. The fourth-order valence-electron chi connectivity index (χ4n) is 1.73. The second kappa shape index (κ2) is 8.08. The van der Waals surface area contributed by atoms with Crippen LogP contribution in [-0.2, 0) is 4.79 Å². The summed E-state index contributed by atoms with van der Waals surface area (Å²) in [4.78, 5) is 22.8. The molecule has 0 aliphatic carbocycles. The van der Waals surface area contributed by atoms with Gasteiger partial charge in [0.2, 0.25) is 0 Å². The van der Waals surface area contributed by atoms with Crippen molar-refractivity contribution in [3.8, 4) is 5.75 Å². The standard InChI is InChI=1S/C14H19FN2O4/c1-3-4-5-11(13(18)19)17-14(20)16-9-6-7-10(15)12(8-9)21-2/h6-8,11H,3-5H2,1-2H3,(H,18,19)(H2,16,17,20)/t11-/m0/s1. The van der Waals surface area contributed by atoms with Gasteiger partial charge in [-0.1, -0.05) is 19.8 Å². The summed E-state index contributed by atoms with van der Waals surface area (Å²) in [5.74, 6) is -1.64. The molecular weight excluding hydrogens is 279 g/mol. The molecule has 7 heteroatoms. The van der Waals surface area contributed by atoms with Gasteiger partial charge in [0.25, 0.3) is 0 Å². The third kappa shape index (κ3) is 5.29. The fraction of sp³-hybridized carbons (Fsp3) is 0.429. The van der Waals surface area contributed by atoms with E-state index in [0.717, 1.165) is 12.5 Å². The molecule has 1 aromatic rings. The van der Waals surface area contributed by atoms with Gasteiger partial charge < -0.3 is 20.5 Å². The van der Waals surface area contributed by atoms with Crippen molar-refractivity contribution in [2.24, 2.45) is 0 Å². The molecule has 1 aromatic carbocycles. The second-order valence-corrected chi connectivity index (χ2v) is 4.48. The molecule has 0 fully saturated rings. The summed E-state index contributed by atoms with van der Waals surface area (Å²) in [6, 6.07) is 2.22. The second-order valence-electron chi connectivity index (χ2n) is 4.48. The molecule has 0 aliphatic heterocycles. The van der Waals surface area contributed by atoms with E-state index < -0.39 is 23.9 Å². The Hall–Kier alpha value is -2.31. The topological polar surface area (TPSA) is 87.7 Å². The lowest BCUT2D eigenvalue weighted by molar-refractivity contribution is -0.139. The number of halogens is 1. The zero-order chi connectivity index (χ0) is 15.8. The lowest BCUT2D eigenvalue weighted by Crippen LogP contribution is -2.42. The summed E-state index contributed by atoms with van der Waals surface area (Å²) in [7, 11) is 1.31. The summed E-state index contributed by atoms with van der Waals surface area (Å²) in [6.07, 6.45) is 1.88. The number of carbonyl (C=O) groups excluding carboxylic acids is 1. The van der Waals surface area contributed by atoms with E-state index in [9.17, 15) is 14.0 Å². The molecule has 0 aromatic heterocycles. The number of amides is 2. The summed E-state index contributed by atoms with van der Waals surface area (Å²) in [6.45, 7) is 1.93. The van der Waals surface area contributed by atoms with Gasteiger partial charge in [-0.25, -0.2) is 14.0 Å². The van der Waals surface area contributed by atoms with Crippen molar-refractivity contribution in [1.29, 1.82) is 0 Å². The first-order valence-corrected chi connectivity index (χ1v) is 6.61. The number of unbranched alkanes of at least 4 members (excludes halogenated alkanes) is 1. The number of carboxylic acid groups (broad SMARTS) is 1. The number of rotatable bonds is 7. The molecule has 0 bridgehead atoms. The van der Waals surface area contributed by atoms with Crippen LogP contribution in [0.1, 0.15) is 26.2 Å². The van der Waals surface area contributed by atoms with E-state index in [1.807, 2.05) is 6.92 Å². The summed E-state index contributed by atoms with van der Waals surface area (Å²) in [5.41, 5.74) is 0.311. The van der Waals surface area contributed by atoms with Crippen LogP contribution in [0.4, 0.5) is 14.9 Å². The predicted molar refractivity (Wildman–Crippen MR) is 76.1 cm³/mol. The van der Waals surface area contributed by atoms with Gasteiger partial charge in [0.1, 0.15) is 6.04 Å². The third-order valence-corrected chi connectivity index (χ3v) is 2.86. The Morgan fingerprint density at radius 3 is 2.71 bits per heavy atom. The number of nitrogens with one attached hydrogen (secondary N) is 2. The molecular formula is C14H19FN2O4. The van der Waals surface area contributed by atoms with Crippen molar-refractivity contribution in [1.82, 2.24) is 5.32 Å². The van der Waals surface area contributed by atoms with Crippen LogP contribution >= 0.6 is 0 Å². The zero-order valence-electron chi connectivity index (χ0n) is 12.0. The van der Waals surface area contributed by atoms with Crippen molar-refractivity contribution in [3.05, 3.63) is 24.0 Å². The molecule has 2 amide bonds. The maximum Gasteiger partial charge on any atom is 0.326 e. The van der Waals surface area contributed by atoms with Crippen LogP contribution in [0.3, 0.4) is 0 Å². The van der Waals surface area contributed by atoms with Crippen LogP contribution in [-0.4, -0.2) is 30.3 Å². The molecule has 0 saturated heterocycles. The van der Waals surface area contributed by atoms with Crippen molar-refractivity contribution < 1.29 is 23.8 Å². The Morgan fingerprint density at radius 2 is 2.14 bits per heavy atom. The van der Waals surface area contributed by atoms with E-state index in [-0.39, 0.29) is 5.75 Å². The van der Waals surface area contributed by atoms with E-state index >= 15 is 0 Å². The van der Waals surface area contributed by atoms with E-state index in [2.05, 4.69) is 10.6 Å². The van der Waals surface area contributed by atoms with Crippen LogP contribution in [0.5, 0.6) is 5.75 Å². The number of carbonyl (C=O) groups is 2. The van der Waals surface area contributed by atoms with Crippen LogP contribution < -0.4 is 15.4 Å². The SMILES string of the molecule is CCCC[C@H](NC(=O)Nc1ccc(F)c(OC)c1)C(=O)O. The first kappa shape index (κ1) is 16.7. The Bertz CT molecular complexity index is 508. The van der Waals surface area contributed by atoms with Gasteiger partial charge in [0.15, 0.2) is 11.6 Å². The van der Waals surface area contributed by atoms with Crippen LogP contribution in [0.25, 0.3) is 0 Å². The maximum absolute atomic E-state index is 13.2. The highest BCUT2D eigenvalue weighted by atomic mass is 19.1. The number of hydrogen-bond donors (Lipinski definition) is 3.